The Morgan fingerprint density at radius 3 is 2.53 bits per heavy atom. The van der Waals surface area contributed by atoms with Gasteiger partial charge in [0.2, 0.25) is 5.91 Å². The highest BCUT2D eigenvalue weighted by Crippen LogP contribution is 2.23. The molecule has 0 aliphatic heterocycles. The van der Waals surface area contributed by atoms with Gasteiger partial charge in [0.25, 0.3) is 0 Å². The fourth-order valence-electron chi connectivity index (χ4n) is 2.11. The summed E-state index contributed by atoms with van der Waals surface area (Å²) < 4.78 is 0. The van der Waals surface area contributed by atoms with Gasteiger partial charge in [0, 0.05) is 19.0 Å². The summed E-state index contributed by atoms with van der Waals surface area (Å²) in [5, 5.41) is 2.99. The first kappa shape index (κ1) is 12.5. The Balaban J connectivity index is 2.22. The molecule has 2 unspecified atom stereocenters. The molecule has 2 atom stereocenters. The van der Waals surface area contributed by atoms with Crippen LogP contribution in [0, 0.1) is 11.3 Å². The number of rotatable bonds is 3. The number of carbonyl (C=O) groups is 1. The highest BCUT2D eigenvalue weighted by molar-refractivity contribution is 5.76. The fourth-order valence-corrected chi connectivity index (χ4v) is 2.11. The van der Waals surface area contributed by atoms with Crippen LogP contribution in [0.5, 0.6) is 0 Å². The number of hydrogen-bond donors (Lipinski definition) is 2. The van der Waals surface area contributed by atoms with Crippen LogP contribution in [-0.2, 0) is 4.79 Å². The Morgan fingerprint density at radius 1 is 1.40 bits per heavy atom. The van der Waals surface area contributed by atoms with Crippen LogP contribution in [0.15, 0.2) is 0 Å². The van der Waals surface area contributed by atoms with Gasteiger partial charge in [-0.25, -0.2) is 0 Å². The minimum atomic E-state index is 0.0713. The van der Waals surface area contributed by atoms with Crippen LogP contribution in [0.2, 0.25) is 0 Å². The molecule has 0 aromatic rings. The molecule has 0 bridgehead atoms. The second kappa shape index (κ2) is 4.97. The molecule has 0 aromatic carbocycles. The summed E-state index contributed by atoms with van der Waals surface area (Å²) in [5.74, 6) is 0.649. The second-order valence-electron chi connectivity index (χ2n) is 5.90. The van der Waals surface area contributed by atoms with Gasteiger partial charge >= 0.3 is 0 Å². The summed E-state index contributed by atoms with van der Waals surface area (Å²) in [6.45, 7) is 6.99. The van der Waals surface area contributed by atoms with Gasteiger partial charge < -0.3 is 11.1 Å². The van der Waals surface area contributed by atoms with Gasteiger partial charge in [-0.15, -0.1) is 0 Å². The third-order valence-electron chi connectivity index (χ3n) is 2.97. The minimum absolute atomic E-state index is 0.0713. The normalized spacial score (nSPS) is 26.7. The summed E-state index contributed by atoms with van der Waals surface area (Å²) >= 11 is 0. The van der Waals surface area contributed by atoms with Crippen molar-refractivity contribution in [3.05, 3.63) is 0 Å². The van der Waals surface area contributed by atoms with Crippen LogP contribution in [0.4, 0.5) is 0 Å². The molecule has 1 saturated carbocycles. The summed E-state index contributed by atoms with van der Waals surface area (Å²) in [6, 6.07) is 0.292. The van der Waals surface area contributed by atoms with E-state index in [9.17, 15) is 4.79 Å². The first-order valence-corrected chi connectivity index (χ1v) is 5.91. The predicted molar refractivity (Wildman–Crippen MR) is 62.4 cm³/mol. The van der Waals surface area contributed by atoms with E-state index in [2.05, 4.69) is 26.1 Å². The molecular weight excluding hydrogens is 188 g/mol. The number of carbonyl (C=O) groups excluding carboxylic acids is 1. The van der Waals surface area contributed by atoms with Crippen LogP contribution in [0.25, 0.3) is 0 Å². The molecule has 0 spiro atoms. The Bertz CT molecular complexity index is 220. The summed E-state index contributed by atoms with van der Waals surface area (Å²) in [5.41, 5.74) is 6.01. The lowest BCUT2D eigenvalue weighted by molar-refractivity contribution is -0.123. The number of nitrogens with one attached hydrogen (secondary N) is 1. The van der Waals surface area contributed by atoms with E-state index in [0.717, 1.165) is 19.4 Å². The van der Waals surface area contributed by atoms with Gasteiger partial charge in [-0.2, -0.15) is 0 Å². The van der Waals surface area contributed by atoms with Crippen molar-refractivity contribution < 1.29 is 4.79 Å². The fraction of sp³-hybridized carbons (Fsp3) is 0.917. The third kappa shape index (κ3) is 4.65. The van der Waals surface area contributed by atoms with E-state index >= 15 is 0 Å². The van der Waals surface area contributed by atoms with Crippen LogP contribution >= 0.6 is 0 Å². The maximum absolute atomic E-state index is 11.6. The Hall–Kier alpha value is -0.570. The Labute approximate surface area is 92.8 Å². The molecule has 1 amide bonds. The molecule has 15 heavy (non-hydrogen) atoms. The van der Waals surface area contributed by atoms with Crippen molar-refractivity contribution in [1.82, 2.24) is 5.32 Å². The largest absolute Gasteiger partial charge is 0.356 e. The van der Waals surface area contributed by atoms with Crippen molar-refractivity contribution in [2.75, 3.05) is 6.54 Å². The van der Waals surface area contributed by atoms with E-state index in [4.69, 9.17) is 5.73 Å². The monoisotopic (exact) mass is 212 g/mol. The van der Waals surface area contributed by atoms with Crippen LogP contribution in [0.1, 0.15) is 46.5 Å². The molecule has 3 heteroatoms. The number of amides is 1. The zero-order valence-electron chi connectivity index (χ0n) is 10.2. The van der Waals surface area contributed by atoms with Crippen molar-refractivity contribution in [2.24, 2.45) is 17.1 Å². The molecule has 0 radical (unpaired) electrons. The molecule has 1 fully saturated rings. The number of nitrogens with two attached hydrogens (primary N) is 1. The molecule has 88 valence electrons. The second-order valence-corrected chi connectivity index (χ2v) is 5.90. The topological polar surface area (TPSA) is 55.1 Å². The van der Waals surface area contributed by atoms with E-state index in [0.29, 0.717) is 18.4 Å². The highest BCUT2D eigenvalue weighted by Gasteiger charge is 2.24. The van der Waals surface area contributed by atoms with Crippen LogP contribution in [0.3, 0.4) is 0 Å². The predicted octanol–water partition coefficient (Wildman–Crippen LogP) is 1.67. The van der Waals surface area contributed by atoms with E-state index in [1.807, 2.05) is 0 Å². The van der Waals surface area contributed by atoms with Crippen molar-refractivity contribution in [3.8, 4) is 0 Å². The van der Waals surface area contributed by atoms with E-state index < -0.39 is 0 Å². The molecular formula is C12H24N2O. The first-order valence-electron chi connectivity index (χ1n) is 5.91. The summed E-state index contributed by atoms with van der Waals surface area (Å²) in [6.07, 6.45) is 4.08. The van der Waals surface area contributed by atoms with E-state index in [1.165, 1.54) is 6.42 Å². The number of hydrogen-bond acceptors (Lipinski definition) is 2. The van der Waals surface area contributed by atoms with Crippen molar-refractivity contribution in [1.29, 1.82) is 0 Å². The minimum Gasteiger partial charge on any atom is -0.356 e. The van der Waals surface area contributed by atoms with Gasteiger partial charge in [-0.3, -0.25) is 4.79 Å². The molecule has 3 N–H and O–H groups in total. The lowest BCUT2D eigenvalue weighted by Crippen LogP contribution is -2.37. The smallest absolute Gasteiger partial charge is 0.220 e. The Kier molecular flexibility index (Phi) is 4.14. The van der Waals surface area contributed by atoms with E-state index in [-0.39, 0.29) is 11.3 Å². The third-order valence-corrected chi connectivity index (χ3v) is 2.97. The van der Waals surface area contributed by atoms with Gasteiger partial charge in [0.05, 0.1) is 0 Å². The highest BCUT2D eigenvalue weighted by atomic mass is 16.1. The van der Waals surface area contributed by atoms with Gasteiger partial charge in [0.15, 0.2) is 0 Å². The summed E-state index contributed by atoms with van der Waals surface area (Å²) in [7, 11) is 0. The summed E-state index contributed by atoms with van der Waals surface area (Å²) in [4.78, 5) is 11.6. The van der Waals surface area contributed by atoms with Crippen LogP contribution < -0.4 is 11.1 Å². The van der Waals surface area contributed by atoms with Gasteiger partial charge in [-0.1, -0.05) is 27.2 Å². The average Bonchev–Trinajstić information content (AvgIpc) is 2.44. The lowest BCUT2D eigenvalue weighted by atomic mass is 9.92. The quantitative estimate of drug-likeness (QED) is 0.747. The molecule has 0 heterocycles. The van der Waals surface area contributed by atoms with Crippen molar-refractivity contribution >= 4 is 5.91 Å². The maximum Gasteiger partial charge on any atom is 0.220 e. The van der Waals surface area contributed by atoms with Gasteiger partial charge in [-0.05, 0) is 24.2 Å². The molecule has 1 aliphatic rings. The van der Waals surface area contributed by atoms with E-state index in [1.54, 1.807) is 0 Å². The molecule has 0 saturated heterocycles. The first-order chi connectivity index (χ1) is 6.88. The molecule has 0 aromatic heterocycles. The SMILES string of the molecule is CC(C)(C)CC(=O)NCC1CCCC1N. The lowest BCUT2D eigenvalue weighted by Gasteiger charge is -2.20. The zero-order valence-corrected chi connectivity index (χ0v) is 10.2. The molecule has 3 nitrogen and oxygen atoms in total. The van der Waals surface area contributed by atoms with Gasteiger partial charge in [0.1, 0.15) is 0 Å². The van der Waals surface area contributed by atoms with Crippen LogP contribution in [-0.4, -0.2) is 18.5 Å². The average molecular weight is 212 g/mol. The molecule has 1 aliphatic carbocycles. The maximum atomic E-state index is 11.6. The van der Waals surface area contributed by atoms with Crippen molar-refractivity contribution in [3.63, 3.8) is 0 Å². The Morgan fingerprint density at radius 2 is 2.07 bits per heavy atom. The van der Waals surface area contributed by atoms with Crippen molar-refractivity contribution in [2.45, 2.75) is 52.5 Å². The zero-order chi connectivity index (χ0) is 11.5. The molecule has 1 rings (SSSR count). The standard InChI is InChI=1S/C12H24N2O/c1-12(2,3)7-11(15)14-8-9-5-4-6-10(9)13/h9-10H,4-8,13H2,1-3H3,(H,14,15).